The lowest BCUT2D eigenvalue weighted by Gasteiger charge is -2.24. The number of hydrogen-bond donors (Lipinski definition) is 1. The van der Waals surface area contributed by atoms with E-state index in [1.807, 2.05) is 7.05 Å². The first kappa shape index (κ1) is 15.0. The average molecular weight is 249 g/mol. The molecule has 18 heavy (non-hydrogen) atoms. The minimum Gasteiger partial charge on any atom is -0.489 e. The Hall–Kier alpha value is -1.02. The van der Waals surface area contributed by atoms with Gasteiger partial charge in [-0.25, -0.2) is 0 Å². The standard InChI is InChI=1S/C16H27NO/c1-7-16(4,5)14-8-10-15(11-9-14)18-13(3)12(2)17-6/h8-13,17H,7H2,1-6H3. The minimum absolute atomic E-state index is 0.167. The van der Waals surface area contributed by atoms with Gasteiger partial charge in [-0.15, -0.1) is 0 Å². The molecule has 2 atom stereocenters. The van der Waals surface area contributed by atoms with Crippen molar-refractivity contribution in [2.24, 2.45) is 0 Å². The van der Waals surface area contributed by atoms with Gasteiger partial charge < -0.3 is 10.1 Å². The molecule has 0 amide bonds. The predicted molar refractivity (Wildman–Crippen MR) is 78.4 cm³/mol. The third-order valence-corrected chi connectivity index (χ3v) is 4.00. The van der Waals surface area contributed by atoms with Crippen LogP contribution in [0.4, 0.5) is 0 Å². The van der Waals surface area contributed by atoms with Gasteiger partial charge in [-0.2, -0.15) is 0 Å². The van der Waals surface area contributed by atoms with Crippen LogP contribution in [0.25, 0.3) is 0 Å². The predicted octanol–water partition coefficient (Wildman–Crippen LogP) is 3.75. The summed E-state index contributed by atoms with van der Waals surface area (Å²) >= 11 is 0. The Labute approximate surface area is 112 Å². The minimum atomic E-state index is 0.167. The Morgan fingerprint density at radius 2 is 1.72 bits per heavy atom. The molecule has 1 N–H and O–H groups in total. The van der Waals surface area contributed by atoms with E-state index in [1.165, 1.54) is 5.56 Å². The smallest absolute Gasteiger partial charge is 0.119 e. The van der Waals surface area contributed by atoms with Crippen molar-refractivity contribution in [3.8, 4) is 5.75 Å². The summed E-state index contributed by atoms with van der Waals surface area (Å²) in [6.45, 7) is 11.0. The molecule has 1 aromatic carbocycles. The number of ether oxygens (including phenoxy) is 1. The van der Waals surface area contributed by atoms with Gasteiger partial charge in [0.1, 0.15) is 11.9 Å². The molecule has 0 aliphatic heterocycles. The van der Waals surface area contributed by atoms with Crippen molar-refractivity contribution in [2.75, 3.05) is 7.05 Å². The van der Waals surface area contributed by atoms with Crippen molar-refractivity contribution < 1.29 is 4.74 Å². The number of benzene rings is 1. The second-order valence-corrected chi connectivity index (χ2v) is 5.66. The van der Waals surface area contributed by atoms with Gasteiger partial charge in [0.2, 0.25) is 0 Å². The van der Waals surface area contributed by atoms with E-state index in [0.717, 1.165) is 12.2 Å². The van der Waals surface area contributed by atoms with E-state index in [9.17, 15) is 0 Å². The monoisotopic (exact) mass is 249 g/mol. The van der Waals surface area contributed by atoms with Crippen LogP contribution in [0, 0.1) is 0 Å². The first-order chi connectivity index (χ1) is 8.40. The maximum absolute atomic E-state index is 5.91. The Morgan fingerprint density at radius 3 is 2.17 bits per heavy atom. The zero-order valence-corrected chi connectivity index (χ0v) is 12.6. The van der Waals surface area contributed by atoms with Gasteiger partial charge >= 0.3 is 0 Å². The van der Waals surface area contributed by atoms with Gasteiger partial charge in [-0.05, 0) is 50.4 Å². The number of rotatable bonds is 6. The fraction of sp³-hybridized carbons (Fsp3) is 0.625. The number of likely N-dealkylation sites (N-methyl/N-ethyl adjacent to an activating group) is 1. The SMILES string of the molecule is CCC(C)(C)c1ccc(OC(C)C(C)NC)cc1. The summed E-state index contributed by atoms with van der Waals surface area (Å²) in [6.07, 6.45) is 1.31. The summed E-state index contributed by atoms with van der Waals surface area (Å²) in [5, 5.41) is 3.20. The highest BCUT2D eigenvalue weighted by Gasteiger charge is 2.18. The summed E-state index contributed by atoms with van der Waals surface area (Å²) < 4.78 is 5.91. The lowest BCUT2D eigenvalue weighted by molar-refractivity contribution is 0.182. The summed E-state index contributed by atoms with van der Waals surface area (Å²) in [7, 11) is 1.96. The molecule has 0 spiro atoms. The quantitative estimate of drug-likeness (QED) is 0.829. The van der Waals surface area contributed by atoms with Crippen LogP contribution in [-0.4, -0.2) is 19.2 Å². The van der Waals surface area contributed by atoms with Crippen LogP contribution in [-0.2, 0) is 5.41 Å². The molecule has 0 fully saturated rings. The van der Waals surface area contributed by atoms with Gasteiger partial charge in [-0.3, -0.25) is 0 Å². The molecular weight excluding hydrogens is 222 g/mol. The van der Waals surface area contributed by atoms with Crippen LogP contribution in [0.3, 0.4) is 0 Å². The molecule has 102 valence electrons. The molecular formula is C16H27NO. The van der Waals surface area contributed by atoms with Crippen molar-refractivity contribution >= 4 is 0 Å². The topological polar surface area (TPSA) is 21.3 Å². The normalized spacial score (nSPS) is 15.2. The van der Waals surface area contributed by atoms with Crippen molar-refractivity contribution in [1.82, 2.24) is 5.32 Å². The Kier molecular flexibility index (Phi) is 5.21. The fourth-order valence-corrected chi connectivity index (χ4v) is 1.74. The second-order valence-electron chi connectivity index (χ2n) is 5.66. The third kappa shape index (κ3) is 3.74. The lowest BCUT2D eigenvalue weighted by Crippen LogP contribution is -2.36. The molecule has 0 heterocycles. The van der Waals surface area contributed by atoms with E-state index in [2.05, 4.69) is 64.2 Å². The zero-order valence-electron chi connectivity index (χ0n) is 12.6. The Morgan fingerprint density at radius 1 is 1.17 bits per heavy atom. The molecule has 0 aliphatic carbocycles. The lowest BCUT2D eigenvalue weighted by atomic mass is 9.82. The molecule has 0 aromatic heterocycles. The Balaban J connectivity index is 2.72. The highest BCUT2D eigenvalue weighted by atomic mass is 16.5. The van der Waals surface area contributed by atoms with Gasteiger partial charge in [0.15, 0.2) is 0 Å². The van der Waals surface area contributed by atoms with E-state index < -0.39 is 0 Å². The van der Waals surface area contributed by atoms with Gasteiger partial charge in [0.25, 0.3) is 0 Å². The van der Waals surface area contributed by atoms with Crippen LogP contribution < -0.4 is 10.1 Å². The number of nitrogens with one attached hydrogen (secondary N) is 1. The molecule has 0 bridgehead atoms. The first-order valence-electron chi connectivity index (χ1n) is 6.85. The molecule has 1 rings (SSSR count). The summed E-state index contributed by atoms with van der Waals surface area (Å²) in [5.74, 6) is 0.945. The van der Waals surface area contributed by atoms with E-state index in [-0.39, 0.29) is 11.5 Å². The Bertz CT molecular complexity index is 356. The van der Waals surface area contributed by atoms with Crippen LogP contribution in [0.2, 0.25) is 0 Å². The first-order valence-corrected chi connectivity index (χ1v) is 6.85. The molecule has 0 radical (unpaired) electrons. The molecule has 0 saturated carbocycles. The molecule has 2 nitrogen and oxygen atoms in total. The van der Waals surface area contributed by atoms with E-state index in [0.29, 0.717) is 6.04 Å². The van der Waals surface area contributed by atoms with Crippen LogP contribution in [0.1, 0.15) is 46.6 Å². The molecule has 2 unspecified atom stereocenters. The summed E-state index contributed by atoms with van der Waals surface area (Å²) in [5.41, 5.74) is 1.61. The summed E-state index contributed by atoms with van der Waals surface area (Å²) in [6, 6.07) is 8.85. The maximum Gasteiger partial charge on any atom is 0.119 e. The van der Waals surface area contributed by atoms with Crippen molar-refractivity contribution in [3.05, 3.63) is 29.8 Å². The highest BCUT2D eigenvalue weighted by molar-refractivity contribution is 5.31. The zero-order chi connectivity index (χ0) is 13.8. The fourth-order valence-electron chi connectivity index (χ4n) is 1.74. The van der Waals surface area contributed by atoms with Crippen LogP contribution >= 0.6 is 0 Å². The van der Waals surface area contributed by atoms with Gasteiger partial charge in [0.05, 0.1) is 0 Å². The third-order valence-electron chi connectivity index (χ3n) is 4.00. The van der Waals surface area contributed by atoms with E-state index in [1.54, 1.807) is 0 Å². The van der Waals surface area contributed by atoms with Crippen molar-refractivity contribution in [2.45, 2.75) is 58.6 Å². The molecule has 1 aromatic rings. The van der Waals surface area contributed by atoms with Crippen molar-refractivity contribution in [3.63, 3.8) is 0 Å². The molecule has 0 saturated heterocycles. The number of hydrogen-bond acceptors (Lipinski definition) is 2. The van der Waals surface area contributed by atoms with Gasteiger partial charge in [0, 0.05) is 6.04 Å². The van der Waals surface area contributed by atoms with E-state index in [4.69, 9.17) is 4.74 Å². The van der Waals surface area contributed by atoms with Crippen molar-refractivity contribution in [1.29, 1.82) is 0 Å². The van der Waals surface area contributed by atoms with Crippen LogP contribution in [0.5, 0.6) is 5.75 Å². The van der Waals surface area contributed by atoms with Gasteiger partial charge in [-0.1, -0.05) is 32.9 Å². The molecule has 2 heteroatoms. The maximum atomic E-state index is 5.91. The highest BCUT2D eigenvalue weighted by Crippen LogP contribution is 2.28. The largest absolute Gasteiger partial charge is 0.489 e. The molecule has 0 aliphatic rings. The van der Waals surface area contributed by atoms with E-state index >= 15 is 0 Å². The second kappa shape index (κ2) is 6.24. The average Bonchev–Trinajstić information content (AvgIpc) is 2.38. The summed E-state index contributed by atoms with van der Waals surface area (Å²) in [4.78, 5) is 0. The van der Waals surface area contributed by atoms with Crippen LogP contribution in [0.15, 0.2) is 24.3 Å².